The summed E-state index contributed by atoms with van der Waals surface area (Å²) < 4.78 is 7.39. The molecule has 0 radical (unpaired) electrons. The molecule has 0 saturated heterocycles. The lowest BCUT2D eigenvalue weighted by atomic mass is 9.94. The van der Waals surface area contributed by atoms with Gasteiger partial charge in [-0.1, -0.05) is 18.2 Å². The highest BCUT2D eigenvalue weighted by molar-refractivity contribution is 8.04. The zero-order valence-corrected chi connectivity index (χ0v) is 19.4. The second kappa shape index (κ2) is 10.6. The van der Waals surface area contributed by atoms with Gasteiger partial charge in [0.25, 0.3) is 0 Å². The van der Waals surface area contributed by atoms with Gasteiger partial charge in [-0.05, 0) is 37.0 Å². The number of aromatic nitrogens is 2. The number of imidazole rings is 1. The minimum atomic E-state index is -0.365. The third-order valence-corrected chi connectivity index (χ3v) is 7.18. The van der Waals surface area contributed by atoms with Crippen LogP contribution in [-0.2, 0) is 22.6 Å². The van der Waals surface area contributed by atoms with Gasteiger partial charge < -0.3 is 19.5 Å². The average molecular weight is 466 g/mol. The van der Waals surface area contributed by atoms with Crippen LogP contribution in [0.5, 0.6) is 5.75 Å². The Kier molecular flexibility index (Phi) is 7.35. The first-order chi connectivity index (χ1) is 16.1. The van der Waals surface area contributed by atoms with Crippen LogP contribution in [0.3, 0.4) is 0 Å². The molecular weight excluding hydrogens is 438 g/mol. The van der Waals surface area contributed by atoms with Crippen molar-refractivity contribution in [3.63, 3.8) is 0 Å². The summed E-state index contributed by atoms with van der Waals surface area (Å²) >= 11 is 1.51. The molecule has 2 aliphatic rings. The molecule has 0 saturated carbocycles. The molecule has 1 N–H and O–H groups in total. The predicted octanol–water partition coefficient (Wildman–Crippen LogP) is 2.73. The summed E-state index contributed by atoms with van der Waals surface area (Å²) in [6.45, 7) is 3.83. The average Bonchev–Trinajstić information content (AvgIpc) is 3.45. The number of hydrogen-bond acceptors (Lipinski definition) is 6. The molecule has 4 rings (SSSR count). The Morgan fingerprint density at radius 1 is 1.36 bits per heavy atom. The highest BCUT2D eigenvalue weighted by atomic mass is 32.2. The molecule has 0 spiro atoms. The molecule has 2 atom stereocenters. The Hall–Kier alpha value is -3.25. The molecule has 8 nitrogen and oxygen atoms in total. The minimum absolute atomic E-state index is 0.0223. The monoisotopic (exact) mass is 465 g/mol. The Bertz CT molecular complexity index is 1080. The number of nitrogens with one attached hydrogen (secondary N) is 1. The van der Waals surface area contributed by atoms with E-state index in [1.54, 1.807) is 23.3 Å². The second-order valence-electron chi connectivity index (χ2n) is 8.00. The zero-order chi connectivity index (χ0) is 23.2. The van der Waals surface area contributed by atoms with Crippen molar-refractivity contribution in [2.75, 3.05) is 19.7 Å². The SMILES string of the molecule is CCOc1ccccc1CCC(=O)NC1SC2=C(CCN(C(=O)Cn3ccnc3)C2)C1C#N. The summed E-state index contributed by atoms with van der Waals surface area (Å²) in [6, 6.07) is 10.1. The van der Waals surface area contributed by atoms with Crippen molar-refractivity contribution in [1.29, 1.82) is 5.26 Å². The number of aryl methyl sites for hydroxylation is 1. The van der Waals surface area contributed by atoms with E-state index in [1.165, 1.54) is 11.8 Å². The third kappa shape index (κ3) is 5.40. The highest BCUT2D eigenvalue weighted by Crippen LogP contribution is 2.44. The number of ether oxygens (including phenoxy) is 1. The molecule has 2 amide bonds. The van der Waals surface area contributed by atoms with E-state index >= 15 is 0 Å². The molecule has 1 aromatic carbocycles. The topological polar surface area (TPSA) is 100 Å². The van der Waals surface area contributed by atoms with Gasteiger partial charge in [0.2, 0.25) is 11.8 Å². The van der Waals surface area contributed by atoms with Crippen LogP contribution in [0.2, 0.25) is 0 Å². The van der Waals surface area contributed by atoms with E-state index < -0.39 is 0 Å². The van der Waals surface area contributed by atoms with Gasteiger partial charge in [-0.2, -0.15) is 5.26 Å². The molecule has 2 unspecified atom stereocenters. The fraction of sp³-hybridized carbons (Fsp3) is 0.417. The first-order valence-corrected chi connectivity index (χ1v) is 12.0. The van der Waals surface area contributed by atoms with Gasteiger partial charge in [-0.3, -0.25) is 9.59 Å². The van der Waals surface area contributed by atoms with Crippen LogP contribution in [0.1, 0.15) is 25.3 Å². The number of nitriles is 1. The number of benzene rings is 1. The number of nitrogens with zero attached hydrogens (tertiary/aromatic N) is 4. The first-order valence-electron chi connectivity index (χ1n) is 11.1. The first kappa shape index (κ1) is 22.9. The number of hydrogen-bond donors (Lipinski definition) is 1. The number of thioether (sulfide) groups is 1. The van der Waals surface area contributed by atoms with Crippen LogP contribution >= 0.6 is 11.8 Å². The van der Waals surface area contributed by atoms with E-state index in [4.69, 9.17) is 4.74 Å². The fourth-order valence-corrected chi connectivity index (χ4v) is 5.66. The van der Waals surface area contributed by atoms with Crippen LogP contribution in [0.25, 0.3) is 0 Å². The quantitative estimate of drug-likeness (QED) is 0.643. The Morgan fingerprint density at radius 3 is 2.97 bits per heavy atom. The number of para-hydroxylation sites is 1. The van der Waals surface area contributed by atoms with Gasteiger partial charge in [0.05, 0.1) is 36.8 Å². The predicted molar refractivity (Wildman–Crippen MR) is 125 cm³/mol. The summed E-state index contributed by atoms with van der Waals surface area (Å²) in [5.74, 6) is 0.368. The van der Waals surface area contributed by atoms with Gasteiger partial charge in [0.15, 0.2) is 0 Å². The Morgan fingerprint density at radius 2 is 2.21 bits per heavy atom. The van der Waals surface area contributed by atoms with E-state index in [2.05, 4.69) is 16.4 Å². The van der Waals surface area contributed by atoms with Crippen LogP contribution < -0.4 is 10.1 Å². The van der Waals surface area contributed by atoms with Gasteiger partial charge in [-0.25, -0.2) is 4.98 Å². The van der Waals surface area contributed by atoms with Crippen molar-refractivity contribution in [3.8, 4) is 11.8 Å². The van der Waals surface area contributed by atoms with Crippen molar-refractivity contribution < 1.29 is 14.3 Å². The standard InChI is InChI=1S/C24H27N5O3S/c1-2-32-20-6-4-3-5-17(20)7-8-22(30)27-24-19(13-25)18-9-11-29(14-21(18)33-24)23(31)15-28-12-10-26-16-28/h3-6,10,12,16,19,24H,2,7-9,11,14-15H2,1H3,(H,27,30). The van der Waals surface area contributed by atoms with Crippen molar-refractivity contribution in [1.82, 2.24) is 19.8 Å². The third-order valence-electron chi connectivity index (χ3n) is 5.86. The molecule has 33 heavy (non-hydrogen) atoms. The zero-order valence-electron chi connectivity index (χ0n) is 18.6. The number of rotatable bonds is 8. The van der Waals surface area contributed by atoms with Crippen molar-refractivity contribution >= 4 is 23.6 Å². The van der Waals surface area contributed by atoms with Gasteiger partial charge in [0.1, 0.15) is 12.3 Å². The lowest BCUT2D eigenvalue weighted by molar-refractivity contribution is -0.131. The summed E-state index contributed by atoms with van der Waals surface area (Å²) in [5, 5.41) is 12.5. The molecule has 1 aromatic heterocycles. The highest BCUT2D eigenvalue weighted by Gasteiger charge is 2.39. The normalized spacial score (nSPS) is 19.7. The Balaban J connectivity index is 1.33. The molecule has 0 aliphatic carbocycles. The van der Waals surface area contributed by atoms with E-state index in [9.17, 15) is 14.9 Å². The summed E-state index contributed by atoms with van der Waals surface area (Å²) in [4.78, 5) is 32.2. The molecule has 0 bridgehead atoms. The maximum atomic E-state index is 12.7. The largest absolute Gasteiger partial charge is 0.494 e. The maximum Gasteiger partial charge on any atom is 0.242 e. The number of carbonyl (C=O) groups excluding carboxylic acids is 2. The fourth-order valence-electron chi connectivity index (χ4n) is 4.19. The minimum Gasteiger partial charge on any atom is -0.494 e. The smallest absolute Gasteiger partial charge is 0.242 e. The van der Waals surface area contributed by atoms with Gasteiger partial charge >= 0.3 is 0 Å². The molecule has 3 heterocycles. The molecule has 172 valence electrons. The second-order valence-corrected chi connectivity index (χ2v) is 9.24. The van der Waals surface area contributed by atoms with Gasteiger partial charge in [-0.15, -0.1) is 11.8 Å². The number of amides is 2. The van der Waals surface area contributed by atoms with Crippen LogP contribution in [0, 0.1) is 17.2 Å². The van der Waals surface area contributed by atoms with Gasteiger partial charge in [0, 0.05) is 30.3 Å². The summed E-state index contributed by atoms with van der Waals surface area (Å²) in [6.07, 6.45) is 6.59. The molecule has 0 fully saturated rings. The summed E-state index contributed by atoms with van der Waals surface area (Å²) in [5.41, 5.74) is 2.05. The lowest BCUT2D eigenvalue weighted by Gasteiger charge is -2.28. The Labute approximate surface area is 197 Å². The lowest BCUT2D eigenvalue weighted by Crippen LogP contribution is -2.38. The number of carbonyl (C=O) groups is 2. The molecule has 2 aromatic rings. The molecule has 9 heteroatoms. The summed E-state index contributed by atoms with van der Waals surface area (Å²) in [7, 11) is 0. The van der Waals surface area contributed by atoms with Crippen molar-refractivity contribution in [2.45, 2.75) is 38.1 Å². The van der Waals surface area contributed by atoms with Crippen molar-refractivity contribution in [2.24, 2.45) is 5.92 Å². The van der Waals surface area contributed by atoms with Crippen LogP contribution in [0.4, 0.5) is 0 Å². The van der Waals surface area contributed by atoms with E-state index in [0.29, 0.717) is 39.0 Å². The maximum absolute atomic E-state index is 12.7. The van der Waals surface area contributed by atoms with E-state index in [-0.39, 0.29) is 29.7 Å². The van der Waals surface area contributed by atoms with E-state index in [1.807, 2.05) is 36.1 Å². The van der Waals surface area contributed by atoms with Crippen LogP contribution in [0.15, 0.2) is 53.5 Å². The molecule has 2 aliphatic heterocycles. The van der Waals surface area contributed by atoms with Crippen LogP contribution in [-0.4, -0.2) is 51.3 Å². The van der Waals surface area contributed by atoms with Crippen molar-refractivity contribution in [3.05, 3.63) is 59.0 Å². The molecular formula is C24H27N5O3S. The van der Waals surface area contributed by atoms with E-state index in [0.717, 1.165) is 21.8 Å².